The molecule has 0 bridgehead atoms. The predicted octanol–water partition coefficient (Wildman–Crippen LogP) is 0.340. The van der Waals surface area contributed by atoms with E-state index in [1.165, 1.54) is 0 Å². The van der Waals surface area contributed by atoms with Crippen molar-refractivity contribution in [2.24, 2.45) is 0 Å². The van der Waals surface area contributed by atoms with Gasteiger partial charge in [-0.05, 0) is 37.2 Å². The summed E-state index contributed by atoms with van der Waals surface area (Å²) in [5.41, 5.74) is 7.08. The fraction of sp³-hybridized carbons (Fsp3) is 0.333. The van der Waals surface area contributed by atoms with E-state index in [2.05, 4.69) is 16.0 Å². The van der Waals surface area contributed by atoms with E-state index < -0.39 is 30.5 Å². The van der Waals surface area contributed by atoms with Gasteiger partial charge in [-0.15, -0.1) is 0 Å². The molecule has 1 fully saturated rings. The lowest BCUT2D eigenvalue weighted by atomic mass is 10.1. The number of anilines is 2. The van der Waals surface area contributed by atoms with Crippen LogP contribution in [0.1, 0.15) is 12.8 Å². The number of nitrogens with one attached hydrogen (secondary N) is 3. The van der Waals surface area contributed by atoms with Crippen LogP contribution in [0.25, 0.3) is 0 Å². The van der Waals surface area contributed by atoms with Gasteiger partial charge in [-0.25, -0.2) is 4.79 Å². The van der Waals surface area contributed by atoms with Crippen LogP contribution >= 0.6 is 12.2 Å². The summed E-state index contributed by atoms with van der Waals surface area (Å²) in [5, 5.41) is 17.5. The third kappa shape index (κ3) is 5.05. The number of nitrogens with zero attached hydrogens (tertiary/aromatic N) is 1. The third-order valence-electron chi connectivity index (χ3n) is 3.56. The zero-order valence-corrected chi connectivity index (χ0v) is 14.1. The van der Waals surface area contributed by atoms with Crippen LogP contribution in [0, 0.1) is 0 Å². The van der Waals surface area contributed by atoms with Crippen molar-refractivity contribution < 1.29 is 19.5 Å². The molecule has 1 aromatic rings. The monoisotopic (exact) mass is 365 g/mol. The minimum absolute atomic E-state index is 0.379. The molecule has 10 heteroatoms. The number of carbonyl (C=O) groups excluding carboxylic acids is 2. The summed E-state index contributed by atoms with van der Waals surface area (Å²) in [6, 6.07) is 5.81. The highest BCUT2D eigenvalue weighted by molar-refractivity contribution is 7.80. The number of urea groups is 1. The van der Waals surface area contributed by atoms with E-state index in [1.807, 2.05) is 12.1 Å². The lowest BCUT2D eigenvalue weighted by molar-refractivity contribution is -0.141. The Kier molecular flexibility index (Phi) is 6.12. The van der Waals surface area contributed by atoms with Gasteiger partial charge < -0.3 is 26.8 Å². The fourth-order valence-electron chi connectivity index (χ4n) is 2.34. The van der Waals surface area contributed by atoms with Crippen LogP contribution in [-0.4, -0.2) is 52.2 Å². The van der Waals surface area contributed by atoms with E-state index in [4.69, 9.17) is 23.1 Å². The number of rotatable bonds is 7. The Bertz CT molecular complexity index is 696. The van der Waals surface area contributed by atoms with E-state index >= 15 is 0 Å². The van der Waals surface area contributed by atoms with E-state index in [0.29, 0.717) is 40.8 Å². The van der Waals surface area contributed by atoms with Crippen LogP contribution in [0.15, 0.2) is 24.3 Å². The fourth-order valence-corrected chi connectivity index (χ4v) is 2.55. The first-order valence-corrected chi connectivity index (χ1v) is 8.02. The van der Waals surface area contributed by atoms with Crippen LogP contribution in [0.3, 0.4) is 0 Å². The van der Waals surface area contributed by atoms with Crippen LogP contribution in [0.5, 0.6) is 0 Å². The second kappa shape index (κ2) is 8.29. The number of nitrogen functional groups attached to an aromatic ring is 1. The van der Waals surface area contributed by atoms with Crippen molar-refractivity contribution in [3.8, 4) is 0 Å². The topological polar surface area (TPSA) is 137 Å². The molecule has 0 unspecified atom stereocenters. The number of thiocarbonyl (C=S) groups is 1. The van der Waals surface area contributed by atoms with Crippen molar-refractivity contribution in [1.82, 2.24) is 15.5 Å². The van der Waals surface area contributed by atoms with Crippen molar-refractivity contribution in [2.75, 3.05) is 24.1 Å². The van der Waals surface area contributed by atoms with E-state index in [1.54, 1.807) is 12.1 Å². The molecule has 2 rings (SSSR count). The number of carboxylic acid groups (broad SMARTS) is 1. The summed E-state index contributed by atoms with van der Waals surface area (Å²) < 4.78 is 0. The van der Waals surface area contributed by atoms with Crippen LogP contribution in [0.2, 0.25) is 0 Å². The molecule has 1 aliphatic heterocycles. The van der Waals surface area contributed by atoms with Crippen LogP contribution < -0.4 is 21.7 Å². The number of aliphatic carboxylic acids is 1. The molecule has 1 atom stereocenters. The van der Waals surface area contributed by atoms with Crippen molar-refractivity contribution in [3.63, 3.8) is 0 Å². The molecule has 0 radical (unpaired) electrons. The van der Waals surface area contributed by atoms with E-state index in [9.17, 15) is 14.4 Å². The lowest BCUT2D eigenvalue weighted by Crippen LogP contribution is -2.36. The number of nitrogens with two attached hydrogens (primary N) is 1. The largest absolute Gasteiger partial charge is 0.480 e. The average Bonchev–Trinajstić information content (AvgIpc) is 2.81. The summed E-state index contributed by atoms with van der Waals surface area (Å²) >= 11 is 5.16. The maximum Gasteiger partial charge on any atom is 0.325 e. The number of hydrogen-bond donors (Lipinski definition) is 5. The predicted molar refractivity (Wildman–Crippen MR) is 96.0 cm³/mol. The Balaban J connectivity index is 1.72. The maximum atomic E-state index is 12.0. The maximum absolute atomic E-state index is 12.0. The Hall–Kier alpha value is -2.88. The van der Waals surface area contributed by atoms with Gasteiger partial charge in [0.15, 0.2) is 5.11 Å². The number of amides is 3. The molecule has 1 heterocycles. The van der Waals surface area contributed by atoms with E-state index in [-0.39, 0.29) is 0 Å². The second-order valence-electron chi connectivity index (χ2n) is 5.43. The Morgan fingerprint density at radius 2 is 2.08 bits per heavy atom. The molecule has 1 saturated heterocycles. The first-order valence-electron chi connectivity index (χ1n) is 7.61. The summed E-state index contributed by atoms with van der Waals surface area (Å²) in [7, 11) is 0. The third-order valence-corrected chi connectivity index (χ3v) is 3.81. The van der Waals surface area contributed by atoms with Gasteiger partial charge in [-0.1, -0.05) is 12.1 Å². The van der Waals surface area contributed by atoms with Gasteiger partial charge in [0.25, 0.3) is 5.91 Å². The normalized spacial score (nSPS) is 16.5. The first kappa shape index (κ1) is 18.5. The molecular weight excluding hydrogens is 346 g/mol. The highest BCUT2D eigenvalue weighted by Gasteiger charge is 2.38. The summed E-state index contributed by atoms with van der Waals surface area (Å²) in [4.78, 5) is 34.9. The second-order valence-corrected chi connectivity index (χ2v) is 5.84. The molecule has 6 N–H and O–H groups in total. The minimum atomic E-state index is -1.23. The van der Waals surface area contributed by atoms with Crippen LogP contribution in [0.4, 0.5) is 16.2 Å². The number of carboxylic acids is 1. The highest BCUT2D eigenvalue weighted by Crippen LogP contribution is 2.16. The Labute approximate surface area is 149 Å². The first-order chi connectivity index (χ1) is 11.9. The molecule has 1 aliphatic rings. The van der Waals surface area contributed by atoms with E-state index in [0.717, 1.165) is 0 Å². The van der Waals surface area contributed by atoms with Crippen molar-refractivity contribution in [2.45, 2.75) is 18.9 Å². The molecule has 0 aromatic heterocycles. The average molecular weight is 365 g/mol. The molecule has 134 valence electrons. The van der Waals surface area contributed by atoms with Crippen molar-refractivity contribution >= 4 is 46.6 Å². The Morgan fingerprint density at radius 1 is 1.36 bits per heavy atom. The molecular formula is C15H19N5O4S. The van der Waals surface area contributed by atoms with Gasteiger partial charge in [0, 0.05) is 6.54 Å². The van der Waals surface area contributed by atoms with Crippen molar-refractivity contribution in [1.29, 1.82) is 0 Å². The summed E-state index contributed by atoms with van der Waals surface area (Å²) in [6.07, 6.45) is 0.938. The number of carbonyl (C=O) groups is 3. The molecule has 0 saturated carbocycles. The number of benzene rings is 1. The zero-order chi connectivity index (χ0) is 18.4. The zero-order valence-electron chi connectivity index (χ0n) is 13.3. The Morgan fingerprint density at radius 3 is 2.76 bits per heavy atom. The molecule has 0 spiro atoms. The molecule has 9 nitrogen and oxygen atoms in total. The van der Waals surface area contributed by atoms with Gasteiger partial charge in [0.1, 0.15) is 12.6 Å². The minimum Gasteiger partial charge on any atom is -0.480 e. The lowest BCUT2D eigenvalue weighted by Gasteiger charge is -2.13. The molecule has 25 heavy (non-hydrogen) atoms. The molecule has 0 aliphatic carbocycles. The number of imide groups is 1. The highest BCUT2D eigenvalue weighted by atomic mass is 32.1. The van der Waals surface area contributed by atoms with Gasteiger partial charge in [0.05, 0.1) is 11.4 Å². The SMILES string of the molecule is Nc1ccccc1NC(=S)NCCC[C@@H]1NC(=O)N(CC(=O)O)C1=O. The van der Waals surface area contributed by atoms with Gasteiger partial charge in [-0.3, -0.25) is 14.5 Å². The number of para-hydroxylation sites is 2. The number of hydrogen-bond acceptors (Lipinski definition) is 5. The standard InChI is InChI=1S/C15H19N5O4S/c16-9-4-1-2-5-10(9)18-14(25)17-7-3-6-11-13(23)20(8-12(21)22)15(24)19-11/h1-2,4-5,11H,3,6-8,16H2,(H,19,24)(H,21,22)(H2,17,18,25)/t11-/m0/s1. The van der Waals surface area contributed by atoms with Crippen molar-refractivity contribution in [3.05, 3.63) is 24.3 Å². The van der Waals surface area contributed by atoms with Crippen LogP contribution in [-0.2, 0) is 9.59 Å². The van der Waals surface area contributed by atoms with Gasteiger partial charge in [0.2, 0.25) is 0 Å². The smallest absolute Gasteiger partial charge is 0.325 e. The molecule has 3 amide bonds. The summed E-state index contributed by atoms with van der Waals surface area (Å²) in [6.45, 7) is -0.150. The quantitative estimate of drug-likeness (QED) is 0.202. The summed E-state index contributed by atoms with van der Waals surface area (Å²) in [5.74, 6) is -1.76. The van der Waals surface area contributed by atoms with Gasteiger partial charge >= 0.3 is 12.0 Å². The molecule has 1 aromatic carbocycles. The van der Waals surface area contributed by atoms with Gasteiger partial charge in [-0.2, -0.15) is 0 Å².